The lowest BCUT2D eigenvalue weighted by atomic mass is 10.2. The zero-order chi connectivity index (χ0) is 17.0. The number of amides is 2. The van der Waals surface area contributed by atoms with Crippen LogP contribution in [-0.4, -0.2) is 12.4 Å². The van der Waals surface area contributed by atoms with Crippen LogP contribution in [0.2, 0.25) is 0 Å². The monoisotopic (exact) mass is 328 g/mol. The van der Waals surface area contributed by atoms with E-state index in [1.165, 1.54) is 24.3 Å². The first kappa shape index (κ1) is 16.6. The third-order valence-corrected chi connectivity index (χ3v) is 2.72. The summed E-state index contributed by atoms with van der Waals surface area (Å²) in [6.07, 6.45) is -4.78. The van der Waals surface area contributed by atoms with E-state index in [2.05, 4.69) is 15.4 Å². The average molecular weight is 328 g/mol. The van der Waals surface area contributed by atoms with Crippen LogP contribution in [0.15, 0.2) is 42.5 Å². The molecule has 0 aromatic heterocycles. The maximum absolute atomic E-state index is 13.6. The largest absolute Gasteiger partial charge is 0.573 e. The van der Waals surface area contributed by atoms with Crippen LogP contribution in [0.5, 0.6) is 5.75 Å². The molecule has 2 aromatic rings. The highest BCUT2D eigenvalue weighted by atomic mass is 19.4. The molecule has 0 aliphatic carbocycles. The van der Waals surface area contributed by atoms with Crippen LogP contribution in [-0.2, 0) is 0 Å². The fourth-order valence-electron chi connectivity index (χ4n) is 1.75. The number of anilines is 2. The van der Waals surface area contributed by atoms with Gasteiger partial charge in [0.2, 0.25) is 0 Å². The van der Waals surface area contributed by atoms with Gasteiger partial charge in [-0.1, -0.05) is 6.07 Å². The quantitative estimate of drug-likeness (QED) is 0.804. The first-order chi connectivity index (χ1) is 10.7. The Hall–Kier alpha value is -2.77. The lowest BCUT2D eigenvalue weighted by Gasteiger charge is -2.11. The van der Waals surface area contributed by atoms with Crippen molar-refractivity contribution in [1.82, 2.24) is 0 Å². The summed E-state index contributed by atoms with van der Waals surface area (Å²) >= 11 is 0. The number of nitrogens with one attached hydrogen (secondary N) is 2. The Morgan fingerprint density at radius 2 is 1.70 bits per heavy atom. The highest BCUT2D eigenvalue weighted by Gasteiger charge is 2.30. The summed E-state index contributed by atoms with van der Waals surface area (Å²) in [6.45, 7) is 1.71. The standard InChI is InChI=1S/C15H12F4N2O2/c1-9-2-7-13(12(16)8-9)21-14(22)20-10-3-5-11(6-4-10)23-15(17,18)19/h2-8H,1H3,(H2,20,21,22). The maximum Gasteiger partial charge on any atom is 0.573 e. The van der Waals surface area contributed by atoms with E-state index in [4.69, 9.17) is 0 Å². The van der Waals surface area contributed by atoms with Crippen molar-refractivity contribution in [2.24, 2.45) is 0 Å². The molecule has 122 valence electrons. The number of alkyl halides is 3. The van der Waals surface area contributed by atoms with Crippen molar-refractivity contribution < 1.29 is 27.1 Å². The van der Waals surface area contributed by atoms with Gasteiger partial charge in [0.1, 0.15) is 11.6 Å². The van der Waals surface area contributed by atoms with Gasteiger partial charge in [0.25, 0.3) is 0 Å². The second-order valence-corrected chi connectivity index (χ2v) is 4.63. The molecule has 0 saturated heterocycles. The first-order valence-electron chi connectivity index (χ1n) is 6.43. The van der Waals surface area contributed by atoms with E-state index in [1.807, 2.05) is 0 Å². The molecular formula is C15H12F4N2O2. The number of benzene rings is 2. The van der Waals surface area contributed by atoms with E-state index >= 15 is 0 Å². The van der Waals surface area contributed by atoms with Crippen LogP contribution in [0.4, 0.5) is 33.7 Å². The second-order valence-electron chi connectivity index (χ2n) is 4.63. The van der Waals surface area contributed by atoms with E-state index in [0.29, 0.717) is 5.56 Å². The predicted molar refractivity (Wildman–Crippen MR) is 76.9 cm³/mol. The Morgan fingerprint density at radius 3 is 2.26 bits per heavy atom. The second kappa shape index (κ2) is 6.55. The average Bonchev–Trinajstić information content (AvgIpc) is 2.42. The first-order valence-corrected chi connectivity index (χ1v) is 6.43. The fourth-order valence-corrected chi connectivity index (χ4v) is 1.75. The molecule has 0 fully saturated rings. The van der Waals surface area contributed by atoms with Crippen molar-refractivity contribution in [2.75, 3.05) is 10.6 Å². The summed E-state index contributed by atoms with van der Waals surface area (Å²) in [7, 11) is 0. The number of halogens is 4. The minimum absolute atomic E-state index is 0.00914. The Labute approximate surface area is 129 Å². The highest BCUT2D eigenvalue weighted by Crippen LogP contribution is 2.24. The summed E-state index contributed by atoms with van der Waals surface area (Å²) in [5.41, 5.74) is 0.920. The van der Waals surface area contributed by atoms with Gasteiger partial charge in [-0.25, -0.2) is 9.18 Å². The Kier molecular flexibility index (Phi) is 4.73. The molecule has 8 heteroatoms. The molecule has 0 aliphatic heterocycles. The molecule has 2 N–H and O–H groups in total. The van der Waals surface area contributed by atoms with Crippen molar-refractivity contribution in [3.63, 3.8) is 0 Å². The molecule has 0 radical (unpaired) electrons. The SMILES string of the molecule is Cc1ccc(NC(=O)Nc2ccc(OC(F)(F)F)cc2)c(F)c1. The Balaban J connectivity index is 1.97. The van der Waals surface area contributed by atoms with Crippen molar-refractivity contribution in [3.05, 3.63) is 53.8 Å². The van der Waals surface area contributed by atoms with Gasteiger partial charge in [-0.2, -0.15) is 0 Å². The third kappa shape index (κ3) is 5.17. The predicted octanol–water partition coefficient (Wildman–Crippen LogP) is 4.68. The minimum atomic E-state index is -4.78. The van der Waals surface area contributed by atoms with Crippen LogP contribution in [0, 0.1) is 12.7 Å². The zero-order valence-corrected chi connectivity index (χ0v) is 11.9. The summed E-state index contributed by atoms with van der Waals surface area (Å²) in [6, 6.07) is 8.13. The van der Waals surface area contributed by atoms with E-state index < -0.39 is 24.0 Å². The van der Waals surface area contributed by atoms with E-state index in [-0.39, 0.29) is 11.4 Å². The number of hydrogen-bond acceptors (Lipinski definition) is 2. The van der Waals surface area contributed by atoms with Gasteiger partial charge in [0.05, 0.1) is 5.69 Å². The molecular weight excluding hydrogens is 316 g/mol. The molecule has 0 spiro atoms. The maximum atomic E-state index is 13.6. The van der Waals surface area contributed by atoms with Crippen molar-refractivity contribution in [3.8, 4) is 5.75 Å². The number of aryl methyl sites for hydroxylation is 1. The number of ether oxygens (including phenoxy) is 1. The summed E-state index contributed by atoms with van der Waals surface area (Å²) in [4.78, 5) is 11.7. The summed E-state index contributed by atoms with van der Waals surface area (Å²) in [5, 5.41) is 4.67. The molecule has 0 atom stereocenters. The smallest absolute Gasteiger partial charge is 0.406 e. The van der Waals surface area contributed by atoms with Gasteiger partial charge < -0.3 is 15.4 Å². The normalized spacial score (nSPS) is 11.0. The van der Waals surface area contributed by atoms with Crippen LogP contribution in [0.3, 0.4) is 0 Å². The Bertz CT molecular complexity index is 700. The number of hydrogen-bond donors (Lipinski definition) is 2. The molecule has 2 rings (SSSR count). The lowest BCUT2D eigenvalue weighted by molar-refractivity contribution is -0.274. The van der Waals surface area contributed by atoms with Crippen molar-refractivity contribution >= 4 is 17.4 Å². The zero-order valence-electron chi connectivity index (χ0n) is 11.9. The summed E-state index contributed by atoms with van der Waals surface area (Å²) < 4.78 is 53.4. The number of carbonyl (C=O) groups excluding carboxylic acids is 1. The fraction of sp³-hybridized carbons (Fsp3) is 0.133. The molecule has 0 saturated carbocycles. The lowest BCUT2D eigenvalue weighted by Crippen LogP contribution is -2.20. The minimum Gasteiger partial charge on any atom is -0.406 e. The van der Waals surface area contributed by atoms with Crippen LogP contribution in [0.1, 0.15) is 5.56 Å². The van der Waals surface area contributed by atoms with Crippen LogP contribution in [0.25, 0.3) is 0 Å². The number of rotatable bonds is 3. The van der Waals surface area contributed by atoms with Gasteiger partial charge in [0.15, 0.2) is 0 Å². The summed E-state index contributed by atoms with van der Waals surface area (Å²) in [5.74, 6) is -0.998. The van der Waals surface area contributed by atoms with E-state index in [1.54, 1.807) is 13.0 Å². The molecule has 0 unspecified atom stereocenters. The van der Waals surface area contributed by atoms with Gasteiger partial charge >= 0.3 is 12.4 Å². The molecule has 4 nitrogen and oxygen atoms in total. The number of urea groups is 1. The van der Waals surface area contributed by atoms with E-state index in [0.717, 1.165) is 12.1 Å². The van der Waals surface area contributed by atoms with Gasteiger partial charge in [-0.05, 0) is 48.9 Å². The molecule has 2 amide bonds. The molecule has 0 bridgehead atoms. The molecule has 2 aromatic carbocycles. The van der Waals surface area contributed by atoms with Gasteiger partial charge in [-0.15, -0.1) is 13.2 Å². The molecule has 0 heterocycles. The van der Waals surface area contributed by atoms with Crippen molar-refractivity contribution in [1.29, 1.82) is 0 Å². The number of carbonyl (C=O) groups is 1. The molecule has 0 aliphatic rings. The van der Waals surface area contributed by atoms with Crippen LogP contribution >= 0.6 is 0 Å². The highest BCUT2D eigenvalue weighted by molar-refractivity contribution is 5.99. The van der Waals surface area contributed by atoms with E-state index in [9.17, 15) is 22.4 Å². The van der Waals surface area contributed by atoms with Crippen LogP contribution < -0.4 is 15.4 Å². The molecule has 23 heavy (non-hydrogen) atoms. The van der Waals surface area contributed by atoms with Gasteiger partial charge in [0, 0.05) is 5.69 Å². The van der Waals surface area contributed by atoms with Gasteiger partial charge in [-0.3, -0.25) is 0 Å². The third-order valence-electron chi connectivity index (χ3n) is 2.72. The Morgan fingerprint density at radius 1 is 1.04 bits per heavy atom. The topological polar surface area (TPSA) is 50.4 Å². The van der Waals surface area contributed by atoms with Crippen molar-refractivity contribution in [2.45, 2.75) is 13.3 Å².